The Balaban J connectivity index is 1.37. The molecule has 5 nitrogen and oxygen atoms in total. The molecule has 6 unspecified atom stereocenters. The average Bonchev–Trinajstić information content (AvgIpc) is 3.28. The number of aliphatic hydroxyl groups is 1. The second-order valence-electron chi connectivity index (χ2n) is 7.57. The molecule has 1 aromatic rings. The monoisotopic (exact) mass is 330 g/mol. The summed E-state index contributed by atoms with van der Waals surface area (Å²) in [5.74, 6) is 2.44. The van der Waals surface area contributed by atoms with E-state index in [9.17, 15) is 9.90 Å². The molecule has 1 aromatic carbocycles. The van der Waals surface area contributed by atoms with Crippen LogP contribution in [-0.2, 0) is 0 Å². The molecule has 24 heavy (non-hydrogen) atoms. The lowest BCUT2D eigenvalue weighted by atomic mass is 9.85. The largest absolute Gasteiger partial charge is 0.493 e. The van der Waals surface area contributed by atoms with E-state index < -0.39 is 0 Å². The summed E-state index contributed by atoms with van der Waals surface area (Å²) in [5.41, 5.74) is 1.17. The first kappa shape index (κ1) is 15.8. The van der Waals surface area contributed by atoms with E-state index in [0.29, 0.717) is 18.4 Å². The summed E-state index contributed by atoms with van der Waals surface area (Å²) in [6.45, 7) is 2.81. The zero-order valence-electron chi connectivity index (χ0n) is 14.1. The van der Waals surface area contributed by atoms with Crippen molar-refractivity contribution in [2.45, 2.75) is 44.2 Å². The lowest BCUT2D eigenvalue weighted by Crippen LogP contribution is -2.51. The van der Waals surface area contributed by atoms with Crippen LogP contribution < -0.4 is 15.4 Å². The summed E-state index contributed by atoms with van der Waals surface area (Å²) in [7, 11) is 0. The highest BCUT2D eigenvalue weighted by atomic mass is 16.5. The Kier molecular flexibility index (Phi) is 4.12. The molecule has 0 radical (unpaired) electrons. The number of ether oxygens (including phenoxy) is 1. The van der Waals surface area contributed by atoms with E-state index >= 15 is 0 Å². The van der Waals surface area contributed by atoms with E-state index in [-0.39, 0.29) is 36.6 Å². The number of para-hydroxylation sites is 1. The molecule has 6 atom stereocenters. The average molecular weight is 330 g/mol. The highest BCUT2D eigenvalue weighted by Gasteiger charge is 2.47. The topological polar surface area (TPSA) is 70.6 Å². The summed E-state index contributed by atoms with van der Waals surface area (Å²) in [5, 5.41) is 15.9. The van der Waals surface area contributed by atoms with E-state index in [1.54, 1.807) is 0 Å². The second-order valence-corrected chi connectivity index (χ2v) is 7.57. The Labute approximate surface area is 142 Å². The summed E-state index contributed by atoms with van der Waals surface area (Å²) in [6, 6.07) is 8.02. The second kappa shape index (κ2) is 6.28. The number of rotatable bonds is 4. The van der Waals surface area contributed by atoms with Crippen molar-refractivity contribution in [1.29, 1.82) is 0 Å². The molecule has 2 saturated carbocycles. The highest BCUT2D eigenvalue weighted by molar-refractivity contribution is 5.75. The molecule has 3 N–H and O–H groups in total. The molecule has 2 fully saturated rings. The standard InChI is InChI=1S/C19H26N2O3/c1-11(16-10-24-17-5-3-2-4-14(16)17)20-19(23)21-18-13-7-6-12(8-13)15(18)9-22/h2-5,11-13,15-16,18,22H,6-10H2,1H3,(H2,20,21,23). The number of fused-ring (bicyclic) bond motifs is 3. The van der Waals surface area contributed by atoms with Crippen molar-refractivity contribution in [1.82, 2.24) is 10.6 Å². The SMILES string of the molecule is CC(NC(=O)NC1C2CCC(C2)C1CO)C1COc2ccccc21. The molecule has 5 heteroatoms. The fraction of sp³-hybridized carbons (Fsp3) is 0.632. The number of amides is 2. The lowest BCUT2D eigenvalue weighted by molar-refractivity contribution is 0.143. The Morgan fingerprint density at radius 2 is 2.12 bits per heavy atom. The summed E-state index contributed by atoms with van der Waals surface area (Å²) in [4.78, 5) is 12.5. The minimum Gasteiger partial charge on any atom is -0.493 e. The van der Waals surface area contributed by atoms with E-state index in [2.05, 4.69) is 16.7 Å². The third-order valence-corrected chi connectivity index (χ3v) is 6.30. The van der Waals surface area contributed by atoms with Gasteiger partial charge in [0.2, 0.25) is 0 Å². The number of hydrogen-bond donors (Lipinski definition) is 3. The van der Waals surface area contributed by atoms with Gasteiger partial charge in [0, 0.05) is 36.1 Å². The Morgan fingerprint density at radius 1 is 1.33 bits per heavy atom. The first-order valence-electron chi connectivity index (χ1n) is 9.07. The molecule has 0 saturated heterocycles. The lowest BCUT2D eigenvalue weighted by Gasteiger charge is -2.31. The van der Waals surface area contributed by atoms with Crippen LogP contribution in [0.4, 0.5) is 4.79 Å². The van der Waals surface area contributed by atoms with Gasteiger partial charge in [-0.1, -0.05) is 18.2 Å². The summed E-state index contributed by atoms with van der Waals surface area (Å²) < 4.78 is 5.72. The van der Waals surface area contributed by atoms with Crippen molar-refractivity contribution >= 4 is 6.03 Å². The molecule has 2 aliphatic carbocycles. The number of nitrogens with one attached hydrogen (secondary N) is 2. The quantitative estimate of drug-likeness (QED) is 0.793. The molecule has 0 aromatic heterocycles. The normalized spacial score (nSPS) is 34.5. The van der Waals surface area contributed by atoms with Crippen molar-refractivity contribution in [2.75, 3.05) is 13.2 Å². The van der Waals surface area contributed by atoms with Crippen LogP contribution in [0, 0.1) is 17.8 Å². The van der Waals surface area contributed by atoms with Crippen LogP contribution in [0.25, 0.3) is 0 Å². The van der Waals surface area contributed by atoms with Crippen LogP contribution in [0.15, 0.2) is 24.3 Å². The molecule has 130 valence electrons. The fourth-order valence-corrected chi connectivity index (χ4v) is 5.00. The maximum atomic E-state index is 12.5. The van der Waals surface area contributed by atoms with Crippen molar-refractivity contribution in [3.63, 3.8) is 0 Å². The van der Waals surface area contributed by atoms with E-state index in [4.69, 9.17) is 4.74 Å². The van der Waals surface area contributed by atoms with Gasteiger partial charge in [-0.25, -0.2) is 4.79 Å². The van der Waals surface area contributed by atoms with Gasteiger partial charge in [-0.05, 0) is 44.1 Å². The minimum absolute atomic E-state index is 0.000169. The van der Waals surface area contributed by atoms with Crippen LogP contribution in [0.3, 0.4) is 0 Å². The van der Waals surface area contributed by atoms with E-state index in [0.717, 1.165) is 12.2 Å². The van der Waals surface area contributed by atoms with E-state index in [1.807, 2.05) is 25.1 Å². The zero-order chi connectivity index (χ0) is 16.7. The smallest absolute Gasteiger partial charge is 0.315 e. The molecule has 4 rings (SSSR count). The van der Waals surface area contributed by atoms with Crippen molar-refractivity contribution in [3.05, 3.63) is 29.8 Å². The fourth-order valence-electron chi connectivity index (χ4n) is 5.00. The highest BCUT2D eigenvalue weighted by Crippen LogP contribution is 2.48. The number of carbonyl (C=O) groups excluding carboxylic acids is 1. The first-order valence-corrected chi connectivity index (χ1v) is 9.07. The Bertz CT molecular complexity index is 620. The first-order chi connectivity index (χ1) is 11.7. The number of hydrogen-bond acceptors (Lipinski definition) is 3. The third kappa shape index (κ3) is 2.65. The molecule has 1 heterocycles. The molecule has 2 amide bonds. The van der Waals surface area contributed by atoms with Crippen molar-refractivity contribution in [3.8, 4) is 5.75 Å². The van der Waals surface area contributed by atoms with Crippen molar-refractivity contribution in [2.24, 2.45) is 17.8 Å². The van der Waals surface area contributed by atoms with Crippen LogP contribution in [0.1, 0.15) is 37.7 Å². The van der Waals surface area contributed by atoms with Gasteiger partial charge in [-0.2, -0.15) is 0 Å². The van der Waals surface area contributed by atoms with Gasteiger partial charge in [0.25, 0.3) is 0 Å². The van der Waals surface area contributed by atoms with Crippen molar-refractivity contribution < 1.29 is 14.6 Å². The summed E-state index contributed by atoms with van der Waals surface area (Å²) in [6.07, 6.45) is 3.52. The minimum atomic E-state index is -0.122. The predicted molar refractivity (Wildman–Crippen MR) is 91.0 cm³/mol. The van der Waals surface area contributed by atoms with Gasteiger partial charge < -0.3 is 20.5 Å². The molecule has 0 spiro atoms. The van der Waals surface area contributed by atoms with Crippen LogP contribution in [0.5, 0.6) is 5.75 Å². The Hall–Kier alpha value is -1.75. The maximum Gasteiger partial charge on any atom is 0.315 e. The number of carbonyl (C=O) groups is 1. The van der Waals surface area contributed by atoms with Gasteiger partial charge in [0.1, 0.15) is 5.75 Å². The predicted octanol–water partition coefficient (Wildman–Crippen LogP) is 2.26. The maximum absolute atomic E-state index is 12.5. The van der Waals surface area contributed by atoms with Gasteiger partial charge in [0.15, 0.2) is 0 Å². The van der Waals surface area contributed by atoms with Gasteiger partial charge in [-0.3, -0.25) is 0 Å². The molecule has 2 bridgehead atoms. The van der Waals surface area contributed by atoms with Gasteiger partial charge in [-0.15, -0.1) is 0 Å². The summed E-state index contributed by atoms with van der Waals surface area (Å²) >= 11 is 0. The van der Waals surface area contributed by atoms with Crippen LogP contribution in [-0.4, -0.2) is 36.4 Å². The third-order valence-electron chi connectivity index (χ3n) is 6.30. The number of aliphatic hydroxyl groups excluding tert-OH is 1. The van der Waals surface area contributed by atoms with Crippen LogP contribution >= 0.6 is 0 Å². The van der Waals surface area contributed by atoms with Crippen LogP contribution in [0.2, 0.25) is 0 Å². The van der Waals surface area contributed by atoms with E-state index in [1.165, 1.54) is 18.4 Å². The molecule has 3 aliphatic rings. The molecular formula is C19H26N2O3. The zero-order valence-corrected chi connectivity index (χ0v) is 14.1. The molecule has 1 aliphatic heterocycles. The number of benzene rings is 1. The molecular weight excluding hydrogens is 304 g/mol. The number of urea groups is 1. The van der Waals surface area contributed by atoms with Gasteiger partial charge in [0.05, 0.1) is 6.61 Å². The van der Waals surface area contributed by atoms with Gasteiger partial charge >= 0.3 is 6.03 Å². The Morgan fingerprint density at radius 3 is 2.96 bits per heavy atom.